The summed E-state index contributed by atoms with van der Waals surface area (Å²) in [6.07, 6.45) is 3.02. The Morgan fingerprint density at radius 1 is 1.04 bits per heavy atom. The van der Waals surface area contributed by atoms with Crippen LogP contribution in [0.2, 0.25) is 0 Å². The highest BCUT2D eigenvalue weighted by atomic mass is 16.5. The van der Waals surface area contributed by atoms with Crippen molar-refractivity contribution in [1.82, 2.24) is 9.88 Å². The fourth-order valence-corrected chi connectivity index (χ4v) is 2.84. The number of benzene rings is 1. The van der Waals surface area contributed by atoms with Crippen molar-refractivity contribution in [1.29, 1.82) is 0 Å². The highest BCUT2D eigenvalue weighted by Crippen LogP contribution is 2.23. The lowest BCUT2D eigenvalue weighted by Crippen LogP contribution is -2.37. The molecule has 0 aliphatic carbocycles. The molecule has 4 heteroatoms. The van der Waals surface area contributed by atoms with Crippen molar-refractivity contribution in [3.63, 3.8) is 0 Å². The molecule has 3 rings (SSSR count). The van der Waals surface area contributed by atoms with Crippen LogP contribution < -0.4 is 5.32 Å². The maximum Gasteiger partial charge on any atom is 0.133 e. The number of aromatic nitrogens is 1. The van der Waals surface area contributed by atoms with Gasteiger partial charge in [-0.2, -0.15) is 0 Å². The van der Waals surface area contributed by atoms with Gasteiger partial charge in [0.2, 0.25) is 0 Å². The van der Waals surface area contributed by atoms with E-state index in [0.29, 0.717) is 0 Å². The van der Waals surface area contributed by atoms with E-state index in [1.165, 1.54) is 16.3 Å². The Hall–Kier alpha value is -1.65. The summed E-state index contributed by atoms with van der Waals surface area (Å²) >= 11 is 0. The summed E-state index contributed by atoms with van der Waals surface area (Å²) in [5.74, 6) is 0.998. The minimum atomic E-state index is 0.873. The first kappa shape index (κ1) is 21.4. The lowest BCUT2D eigenvalue weighted by atomic mass is 10.1. The van der Waals surface area contributed by atoms with Crippen LogP contribution >= 0.6 is 0 Å². The first-order valence-corrected chi connectivity index (χ1v) is 9.73. The van der Waals surface area contributed by atoms with Gasteiger partial charge in [-0.25, -0.2) is 4.98 Å². The lowest BCUT2D eigenvalue weighted by molar-refractivity contribution is 0.0378. The van der Waals surface area contributed by atoms with Crippen LogP contribution in [0.4, 0.5) is 5.82 Å². The van der Waals surface area contributed by atoms with Crippen LogP contribution in [0.5, 0.6) is 0 Å². The third kappa shape index (κ3) is 6.63. The fraction of sp³-hybridized carbons (Fsp3) is 0.571. The van der Waals surface area contributed by atoms with Gasteiger partial charge >= 0.3 is 0 Å². The number of nitrogens with one attached hydrogen (secondary N) is 1. The summed E-state index contributed by atoms with van der Waals surface area (Å²) in [7, 11) is 0. The summed E-state index contributed by atoms with van der Waals surface area (Å²) in [5, 5.41) is 5.98. The topological polar surface area (TPSA) is 37.4 Å². The quantitative estimate of drug-likeness (QED) is 0.795. The Bertz CT molecular complexity index is 595. The Balaban J connectivity index is 0.000000730. The van der Waals surface area contributed by atoms with Crippen LogP contribution in [0.1, 0.15) is 39.7 Å². The van der Waals surface area contributed by atoms with Crippen LogP contribution in [0.25, 0.3) is 10.8 Å². The number of pyridine rings is 1. The van der Waals surface area contributed by atoms with Gasteiger partial charge in [0.05, 0.1) is 13.2 Å². The number of anilines is 1. The minimum Gasteiger partial charge on any atom is -0.379 e. The lowest BCUT2D eigenvalue weighted by Gasteiger charge is -2.26. The monoisotopic (exact) mass is 345 g/mol. The molecule has 1 N–H and O–H groups in total. The average Bonchev–Trinajstić information content (AvgIpc) is 2.70. The van der Waals surface area contributed by atoms with E-state index in [1.54, 1.807) is 0 Å². The molecule has 25 heavy (non-hydrogen) atoms. The van der Waals surface area contributed by atoms with Gasteiger partial charge in [0, 0.05) is 31.2 Å². The van der Waals surface area contributed by atoms with Crippen LogP contribution in [0, 0.1) is 6.92 Å². The molecule has 2 heterocycles. The molecule has 1 saturated heterocycles. The maximum absolute atomic E-state index is 5.37. The highest BCUT2D eigenvalue weighted by Gasteiger charge is 2.09. The molecule has 0 radical (unpaired) electrons. The highest BCUT2D eigenvalue weighted by molar-refractivity contribution is 5.93. The second kappa shape index (κ2) is 12.7. The first-order chi connectivity index (χ1) is 12.3. The minimum absolute atomic E-state index is 0.873. The van der Waals surface area contributed by atoms with Crippen molar-refractivity contribution < 1.29 is 4.74 Å². The molecule has 0 atom stereocenters. The Kier molecular flexibility index (Phi) is 10.8. The van der Waals surface area contributed by atoms with Crippen molar-refractivity contribution >= 4 is 16.6 Å². The van der Waals surface area contributed by atoms with Gasteiger partial charge in [0.15, 0.2) is 0 Å². The third-order valence-corrected chi connectivity index (χ3v) is 4.07. The number of ether oxygens (including phenoxy) is 1. The summed E-state index contributed by atoms with van der Waals surface area (Å²) in [6, 6.07) is 8.46. The van der Waals surface area contributed by atoms with E-state index >= 15 is 0 Å². The Morgan fingerprint density at radius 3 is 2.48 bits per heavy atom. The van der Waals surface area contributed by atoms with Crippen molar-refractivity contribution in [2.75, 3.05) is 44.7 Å². The fourth-order valence-electron chi connectivity index (χ4n) is 2.84. The zero-order valence-electron chi connectivity index (χ0n) is 16.6. The number of aryl methyl sites for hydroxylation is 1. The zero-order valence-corrected chi connectivity index (χ0v) is 16.6. The molecule has 1 aromatic heterocycles. The van der Waals surface area contributed by atoms with Crippen molar-refractivity contribution in [2.45, 2.75) is 41.0 Å². The van der Waals surface area contributed by atoms with Gasteiger partial charge in [-0.3, -0.25) is 4.90 Å². The molecule has 0 spiro atoms. The van der Waals surface area contributed by atoms with Crippen LogP contribution in [0.3, 0.4) is 0 Å². The second-order valence-corrected chi connectivity index (χ2v) is 5.56. The molecule has 0 bridgehead atoms. The number of hydrogen-bond donors (Lipinski definition) is 1. The largest absolute Gasteiger partial charge is 0.379 e. The molecular weight excluding hydrogens is 310 g/mol. The molecule has 1 aliphatic rings. The molecule has 1 aliphatic heterocycles. The molecule has 1 aromatic carbocycles. The van der Waals surface area contributed by atoms with E-state index < -0.39 is 0 Å². The van der Waals surface area contributed by atoms with Gasteiger partial charge in [0.25, 0.3) is 0 Å². The number of fused-ring (bicyclic) bond motifs is 1. The standard InChI is InChI=1S/C17H23N3O.2C2H6/c1-14-4-2-5-16-15(14)6-8-19-17(16)18-7-3-9-20-10-12-21-13-11-20;2*1-2/h2,4-6,8H,3,7,9-13H2,1H3,(H,18,19);2*1-2H3. The van der Waals surface area contributed by atoms with Crippen LogP contribution in [0.15, 0.2) is 30.5 Å². The van der Waals surface area contributed by atoms with Gasteiger partial charge in [-0.1, -0.05) is 45.9 Å². The van der Waals surface area contributed by atoms with Crippen LogP contribution in [-0.4, -0.2) is 49.3 Å². The molecule has 0 unspecified atom stereocenters. The Labute approximate surface area is 153 Å². The van der Waals surface area contributed by atoms with Crippen molar-refractivity contribution in [3.8, 4) is 0 Å². The molecule has 2 aromatic rings. The predicted molar refractivity (Wildman–Crippen MR) is 110 cm³/mol. The number of hydrogen-bond acceptors (Lipinski definition) is 4. The summed E-state index contributed by atoms with van der Waals surface area (Å²) in [5.41, 5.74) is 1.30. The van der Waals surface area contributed by atoms with Gasteiger partial charge < -0.3 is 10.1 Å². The van der Waals surface area contributed by atoms with Crippen molar-refractivity contribution in [3.05, 3.63) is 36.0 Å². The SMILES string of the molecule is CC.CC.Cc1cccc2c(NCCCN3CCOCC3)nccc12. The van der Waals surface area contributed by atoms with E-state index in [2.05, 4.69) is 46.4 Å². The molecule has 1 fully saturated rings. The third-order valence-electron chi connectivity index (χ3n) is 4.07. The van der Waals surface area contributed by atoms with Gasteiger partial charge in [-0.15, -0.1) is 0 Å². The van der Waals surface area contributed by atoms with Crippen LogP contribution in [-0.2, 0) is 4.74 Å². The zero-order chi connectivity index (χ0) is 18.5. The van der Waals surface area contributed by atoms with E-state index in [0.717, 1.165) is 51.6 Å². The molecule has 0 saturated carbocycles. The van der Waals surface area contributed by atoms with Gasteiger partial charge in [-0.05, 0) is 36.9 Å². The van der Waals surface area contributed by atoms with E-state index in [-0.39, 0.29) is 0 Å². The van der Waals surface area contributed by atoms with Gasteiger partial charge in [0.1, 0.15) is 5.82 Å². The number of nitrogens with zero attached hydrogens (tertiary/aromatic N) is 2. The number of rotatable bonds is 5. The normalized spacial score (nSPS) is 14.1. The molecular formula is C21H35N3O. The molecule has 0 amide bonds. The second-order valence-electron chi connectivity index (χ2n) is 5.56. The first-order valence-electron chi connectivity index (χ1n) is 9.73. The summed E-state index contributed by atoms with van der Waals surface area (Å²) in [6.45, 7) is 16.1. The maximum atomic E-state index is 5.37. The predicted octanol–water partition coefficient (Wildman–Crippen LogP) is 4.73. The van der Waals surface area contributed by atoms with E-state index in [1.807, 2.05) is 33.9 Å². The molecule has 140 valence electrons. The van der Waals surface area contributed by atoms with E-state index in [9.17, 15) is 0 Å². The smallest absolute Gasteiger partial charge is 0.133 e. The summed E-state index contributed by atoms with van der Waals surface area (Å²) < 4.78 is 5.37. The Morgan fingerprint density at radius 2 is 1.76 bits per heavy atom. The van der Waals surface area contributed by atoms with Crippen molar-refractivity contribution in [2.24, 2.45) is 0 Å². The van der Waals surface area contributed by atoms with E-state index in [4.69, 9.17) is 4.74 Å². The average molecular weight is 346 g/mol. The molecule has 4 nitrogen and oxygen atoms in total. The summed E-state index contributed by atoms with van der Waals surface area (Å²) in [4.78, 5) is 6.95. The number of morpholine rings is 1.